The standard InChI is InChI=1S/C12H20N4OS/c1-3-10-11(18-15-14-10)12(17)16-7-9(6-13)5-4-8(16)2/h8-9H,3-7,13H2,1-2H3. The fourth-order valence-corrected chi connectivity index (χ4v) is 3.10. The summed E-state index contributed by atoms with van der Waals surface area (Å²) in [6, 6.07) is 0.284. The predicted octanol–water partition coefficient (Wildman–Crippen LogP) is 1.30. The molecule has 0 radical (unpaired) electrons. The molecule has 2 atom stereocenters. The Kier molecular flexibility index (Phi) is 4.29. The summed E-state index contributed by atoms with van der Waals surface area (Å²) in [5.41, 5.74) is 6.54. The molecule has 1 aromatic heterocycles. The lowest BCUT2D eigenvalue weighted by Crippen LogP contribution is -2.47. The van der Waals surface area contributed by atoms with E-state index in [9.17, 15) is 4.79 Å². The number of rotatable bonds is 3. The van der Waals surface area contributed by atoms with Crippen molar-refractivity contribution in [2.24, 2.45) is 11.7 Å². The van der Waals surface area contributed by atoms with Crippen molar-refractivity contribution >= 4 is 17.4 Å². The van der Waals surface area contributed by atoms with Crippen molar-refractivity contribution in [1.29, 1.82) is 0 Å². The Morgan fingerprint density at radius 1 is 1.56 bits per heavy atom. The van der Waals surface area contributed by atoms with Gasteiger partial charge in [0.05, 0.1) is 5.69 Å². The summed E-state index contributed by atoms with van der Waals surface area (Å²) in [6.07, 6.45) is 2.89. The highest BCUT2D eigenvalue weighted by atomic mass is 32.1. The van der Waals surface area contributed by atoms with Crippen molar-refractivity contribution in [2.75, 3.05) is 13.1 Å². The van der Waals surface area contributed by atoms with Crippen molar-refractivity contribution in [3.63, 3.8) is 0 Å². The fraction of sp³-hybridized carbons (Fsp3) is 0.750. The lowest BCUT2D eigenvalue weighted by molar-refractivity contribution is 0.0570. The first-order valence-electron chi connectivity index (χ1n) is 6.49. The SMILES string of the molecule is CCc1nnsc1C(=O)N1CC(CN)CCC1C. The second-order valence-corrected chi connectivity index (χ2v) is 5.64. The molecule has 6 heteroatoms. The Hall–Kier alpha value is -1.01. The van der Waals surface area contributed by atoms with Gasteiger partial charge in [0, 0.05) is 12.6 Å². The zero-order chi connectivity index (χ0) is 13.1. The van der Waals surface area contributed by atoms with Gasteiger partial charge in [-0.3, -0.25) is 4.79 Å². The van der Waals surface area contributed by atoms with E-state index in [4.69, 9.17) is 5.73 Å². The van der Waals surface area contributed by atoms with Gasteiger partial charge in [-0.1, -0.05) is 11.4 Å². The van der Waals surface area contributed by atoms with Crippen molar-refractivity contribution in [2.45, 2.75) is 39.2 Å². The summed E-state index contributed by atoms with van der Waals surface area (Å²) in [7, 11) is 0. The maximum atomic E-state index is 12.5. The van der Waals surface area contributed by atoms with Crippen LogP contribution in [0.1, 0.15) is 42.1 Å². The Bertz CT molecular complexity index is 420. The fourth-order valence-electron chi connectivity index (χ4n) is 2.39. The molecular weight excluding hydrogens is 248 g/mol. The average molecular weight is 268 g/mol. The normalized spacial score (nSPS) is 24.3. The Morgan fingerprint density at radius 3 is 3.00 bits per heavy atom. The Morgan fingerprint density at radius 2 is 2.33 bits per heavy atom. The molecule has 18 heavy (non-hydrogen) atoms. The van der Waals surface area contributed by atoms with Crippen LogP contribution in [0.25, 0.3) is 0 Å². The number of likely N-dealkylation sites (tertiary alicyclic amines) is 1. The predicted molar refractivity (Wildman–Crippen MR) is 71.6 cm³/mol. The summed E-state index contributed by atoms with van der Waals surface area (Å²) in [4.78, 5) is 15.2. The first kappa shape index (κ1) is 13.4. The van der Waals surface area contributed by atoms with E-state index in [0.29, 0.717) is 17.3 Å². The minimum atomic E-state index is 0.0764. The molecule has 0 saturated carbocycles. The molecule has 2 unspecified atom stereocenters. The molecule has 1 aromatic rings. The van der Waals surface area contributed by atoms with Crippen molar-refractivity contribution in [3.8, 4) is 0 Å². The third-order valence-electron chi connectivity index (χ3n) is 3.66. The average Bonchev–Trinajstić information content (AvgIpc) is 2.86. The Labute approximate surface area is 112 Å². The molecule has 2 heterocycles. The molecule has 1 amide bonds. The van der Waals surface area contributed by atoms with Crippen LogP contribution in [-0.4, -0.2) is 39.5 Å². The zero-order valence-electron chi connectivity index (χ0n) is 10.9. The highest BCUT2D eigenvalue weighted by molar-refractivity contribution is 7.08. The first-order chi connectivity index (χ1) is 8.67. The van der Waals surface area contributed by atoms with E-state index in [1.165, 1.54) is 11.5 Å². The quantitative estimate of drug-likeness (QED) is 0.897. The van der Waals surface area contributed by atoms with Crippen LogP contribution in [0.15, 0.2) is 0 Å². The number of aromatic nitrogens is 2. The minimum Gasteiger partial charge on any atom is -0.335 e. The third-order valence-corrected chi connectivity index (χ3v) is 4.41. The first-order valence-corrected chi connectivity index (χ1v) is 7.27. The molecule has 2 N–H and O–H groups in total. The second kappa shape index (κ2) is 5.75. The number of hydrogen-bond donors (Lipinski definition) is 1. The molecule has 0 aliphatic carbocycles. The van der Waals surface area contributed by atoms with E-state index >= 15 is 0 Å². The number of nitrogens with zero attached hydrogens (tertiary/aromatic N) is 3. The van der Waals surface area contributed by atoms with Crippen LogP contribution in [-0.2, 0) is 6.42 Å². The van der Waals surface area contributed by atoms with Gasteiger partial charge >= 0.3 is 0 Å². The third kappa shape index (κ3) is 2.54. The van der Waals surface area contributed by atoms with Gasteiger partial charge in [-0.15, -0.1) is 5.10 Å². The lowest BCUT2D eigenvalue weighted by atomic mass is 9.93. The van der Waals surface area contributed by atoms with E-state index in [1.807, 2.05) is 11.8 Å². The molecule has 0 spiro atoms. The van der Waals surface area contributed by atoms with Gasteiger partial charge in [-0.25, -0.2) is 0 Å². The van der Waals surface area contributed by atoms with Crippen LogP contribution in [0.5, 0.6) is 0 Å². The summed E-state index contributed by atoms with van der Waals surface area (Å²) < 4.78 is 3.89. The molecule has 0 aromatic carbocycles. The monoisotopic (exact) mass is 268 g/mol. The van der Waals surface area contributed by atoms with Crippen LogP contribution in [0.4, 0.5) is 0 Å². The highest BCUT2D eigenvalue weighted by Gasteiger charge is 2.31. The van der Waals surface area contributed by atoms with Crippen LogP contribution < -0.4 is 5.73 Å². The number of nitrogens with two attached hydrogens (primary N) is 1. The molecule has 5 nitrogen and oxygen atoms in total. The number of hydrogen-bond acceptors (Lipinski definition) is 5. The van der Waals surface area contributed by atoms with Crippen LogP contribution in [0, 0.1) is 5.92 Å². The second-order valence-electron chi connectivity index (χ2n) is 4.89. The van der Waals surface area contributed by atoms with Gasteiger partial charge in [0.25, 0.3) is 5.91 Å². The lowest BCUT2D eigenvalue weighted by Gasteiger charge is -2.37. The maximum Gasteiger partial charge on any atom is 0.267 e. The smallest absolute Gasteiger partial charge is 0.267 e. The minimum absolute atomic E-state index is 0.0764. The van der Waals surface area contributed by atoms with Crippen molar-refractivity contribution in [1.82, 2.24) is 14.5 Å². The van der Waals surface area contributed by atoms with Gasteiger partial charge in [0.2, 0.25) is 0 Å². The van der Waals surface area contributed by atoms with Gasteiger partial charge < -0.3 is 10.6 Å². The van der Waals surface area contributed by atoms with Gasteiger partial charge in [0.1, 0.15) is 4.88 Å². The number of piperidine rings is 1. The van der Waals surface area contributed by atoms with Crippen molar-refractivity contribution < 1.29 is 4.79 Å². The van der Waals surface area contributed by atoms with E-state index in [0.717, 1.165) is 31.5 Å². The largest absolute Gasteiger partial charge is 0.335 e. The summed E-state index contributed by atoms with van der Waals surface area (Å²) in [6.45, 7) is 5.51. The molecule has 1 fully saturated rings. The molecule has 100 valence electrons. The zero-order valence-corrected chi connectivity index (χ0v) is 11.7. The van der Waals surface area contributed by atoms with E-state index in [2.05, 4.69) is 16.5 Å². The number of carbonyl (C=O) groups is 1. The molecule has 0 bridgehead atoms. The molecule has 1 aliphatic rings. The number of amides is 1. The highest BCUT2D eigenvalue weighted by Crippen LogP contribution is 2.24. The van der Waals surface area contributed by atoms with Crippen LogP contribution >= 0.6 is 11.5 Å². The van der Waals surface area contributed by atoms with Crippen molar-refractivity contribution in [3.05, 3.63) is 10.6 Å². The van der Waals surface area contributed by atoms with Crippen LogP contribution in [0.3, 0.4) is 0 Å². The molecule has 1 saturated heterocycles. The molecular formula is C12H20N4OS. The summed E-state index contributed by atoms with van der Waals surface area (Å²) in [5.74, 6) is 0.503. The maximum absolute atomic E-state index is 12.5. The van der Waals surface area contributed by atoms with Gasteiger partial charge in [0.15, 0.2) is 0 Å². The number of carbonyl (C=O) groups excluding carboxylic acids is 1. The van der Waals surface area contributed by atoms with Crippen LogP contribution in [0.2, 0.25) is 0 Å². The van der Waals surface area contributed by atoms with E-state index < -0.39 is 0 Å². The van der Waals surface area contributed by atoms with Gasteiger partial charge in [-0.2, -0.15) is 0 Å². The summed E-state index contributed by atoms with van der Waals surface area (Å²) in [5, 5.41) is 4.01. The molecule has 2 rings (SSSR count). The van der Waals surface area contributed by atoms with Gasteiger partial charge in [-0.05, 0) is 50.2 Å². The molecule has 1 aliphatic heterocycles. The Balaban J connectivity index is 2.16. The number of aryl methyl sites for hydroxylation is 1. The van der Waals surface area contributed by atoms with E-state index in [-0.39, 0.29) is 11.9 Å². The summed E-state index contributed by atoms with van der Waals surface area (Å²) >= 11 is 1.20. The topological polar surface area (TPSA) is 72.1 Å². The van der Waals surface area contributed by atoms with E-state index in [1.54, 1.807) is 0 Å².